The van der Waals surface area contributed by atoms with Crippen molar-refractivity contribution in [2.45, 2.75) is 101 Å². The van der Waals surface area contributed by atoms with Gasteiger partial charge in [-0.1, -0.05) is 46.4 Å². The molecule has 1 fully saturated rings. The standard InChI is InChI=1S/C19H18ClF3N6O2.C18H14ClF3N6O.2C17H16ClF3N6O2.13H2/c20-11-4-12-13(7-26-15(12)25-6-11)16-24-5-10(8-30)17(28-16)29-3-1-2-14(29)18(31)27-9-19(21,22)23;1-2-3-13(17(29)26-9-18(20,21)22)27-14-4-5-23-16(28-14)12-8-25-15-11(12)6-10(19)7-24-15;2*1-8(28)13(16(29)25-7-17(19,20)21)26-12-2-3-22-15(27-12)11-6-24-14-10(11)4-9(18)5-23-14;;;;;;;;;;;;;/h4-7,14,30H,1-3,8-9H2,(H,25,26)(H,27,31);1,4-8,13H,3,9H2,(H,24,25)(H,26,29)(H,23,27,28);2*2-6,8,13,28H,7H2,1H3,(H,23,24)(H,25,29)(H,22,26,27);13*1H/t14-;13-;8-,13+;8-,13-;;;;;;;;;;;;;/m1101............./s1. The van der Waals surface area contributed by atoms with Gasteiger partial charge in [-0.25, -0.2) is 59.8 Å². The highest BCUT2D eigenvalue weighted by molar-refractivity contribution is 6.32. The first kappa shape index (κ1) is 88.3. The quantitative estimate of drug-likeness (QED) is 0.0209. The predicted molar refractivity (Wildman–Crippen MR) is 438 cm³/mol. The number of nitrogens with one attached hydrogen (secondary N) is 11. The second-order valence-electron chi connectivity index (χ2n) is 25.5. The molecule has 648 valence electrons. The van der Waals surface area contributed by atoms with Crippen molar-refractivity contribution >= 4 is 137 Å². The second-order valence-corrected chi connectivity index (χ2v) is 27.3. The molecule has 14 N–H and O–H groups in total. The number of nitrogens with zero attached hydrogens (tertiary/aromatic N) is 13. The van der Waals surface area contributed by atoms with Crippen LogP contribution in [0.15, 0.2) is 117 Å². The minimum Gasteiger partial charge on any atom is -0.391 e. The average molecular weight is 1760 g/mol. The topological polar surface area (TPSA) is 434 Å². The van der Waals surface area contributed by atoms with Gasteiger partial charge in [-0.15, -0.1) is 12.3 Å². The highest BCUT2D eigenvalue weighted by atomic mass is 35.5. The number of anilines is 4. The Morgan fingerprint density at radius 3 is 1.19 bits per heavy atom. The van der Waals surface area contributed by atoms with Crippen molar-refractivity contribution in [1.82, 2.24) is 101 Å². The van der Waals surface area contributed by atoms with Gasteiger partial charge < -0.3 is 77.4 Å². The van der Waals surface area contributed by atoms with Gasteiger partial charge in [-0.05, 0) is 69.2 Å². The van der Waals surface area contributed by atoms with E-state index in [0.717, 1.165) is 0 Å². The fourth-order valence-electron chi connectivity index (χ4n) is 11.4. The number of halogens is 16. The molecular weight excluding hydrogens is 1670 g/mol. The molecular formula is C71H90Cl4F12N24O7. The molecule has 0 radical (unpaired) electrons. The lowest BCUT2D eigenvalue weighted by Crippen LogP contribution is -2.48. The largest absolute Gasteiger partial charge is 0.405 e. The van der Waals surface area contributed by atoms with Crippen LogP contribution in [-0.4, -0.2) is 212 Å². The maximum atomic E-state index is 12.5. The number of hydrogen-bond acceptors (Lipinski definition) is 23. The number of pyridine rings is 4. The molecule has 0 aromatic carbocycles. The van der Waals surface area contributed by atoms with Crippen molar-refractivity contribution in [3.05, 3.63) is 142 Å². The Balaban J connectivity index is -0.000000795. The van der Waals surface area contributed by atoms with E-state index in [-0.39, 0.29) is 60.7 Å². The van der Waals surface area contributed by atoms with Gasteiger partial charge in [0, 0.05) is 155 Å². The van der Waals surface area contributed by atoms with E-state index in [1.165, 1.54) is 81.6 Å². The summed E-state index contributed by atoms with van der Waals surface area (Å²) in [5.41, 5.74) is 5.10. The van der Waals surface area contributed by atoms with Crippen LogP contribution in [0.3, 0.4) is 0 Å². The molecule has 13 heterocycles. The van der Waals surface area contributed by atoms with E-state index in [9.17, 15) is 87.2 Å². The summed E-state index contributed by atoms with van der Waals surface area (Å²) in [7, 11) is 0. The summed E-state index contributed by atoms with van der Waals surface area (Å²) in [5, 5.41) is 49.1. The van der Waals surface area contributed by atoms with Crippen molar-refractivity contribution in [2.75, 3.05) is 53.6 Å². The molecule has 0 saturated carbocycles. The Morgan fingerprint density at radius 1 is 0.508 bits per heavy atom. The fraction of sp³-hybridized carbons (Fsp3) is 0.296. The molecule has 1 aliphatic heterocycles. The van der Waals surface area contributed by atoms with Gasteiger partial charge in [-0.2, -0.15) is 52.7 Å². The molecule has 1 saturated heterocycles. The maximum Gasteiger partial charge on any atom is 0.405 e. The number of carbonyl (C=O) groups excluding carboxylic acids is 4. The number of aromatic amines is 4. The number of H-pyrrole nitrogens is 4. The SMILES string of the molecule is C#CC[C@@H](Nc1ccnc(-c2c[nH]c3ncc(Cl)cc23)n1)C(=O)NCC(F)(F)F.C[C@@H](O)[C@@H](Nc1ccnc(-c2c[nH]c3ncc(Cl)cc23)n1)C(=O)NCC(F)(F)F.C[C@H](O)[C@@H](Nc1ccnc(-c2c[nH]c3ncc(Cl)cc23)n1)C(=O)NCC(F)(F)F.O=C(NCC(F)(F)F)[C@H]1CCCN1c1nc(-c2c[nH]c3ncc(Cl)cc23)ncc1CO.[HH].[HH].[HH].[HH].[HH].[HH].[HH].[HH].[HH].[HH].[HH].[HH].[HH]. The molecule has 0 unspecified atom stereocenters. The summed E-state index contributed by atoms with van der Waals surface area (Å²) in [6, 6.07) is 6.49. The monoisotopic (exact) mass is 1760 g/mol. The van der Waals surface area contributed by atoms with Gasteiger partial charge in [0.25, 0.3) is 0 Å². The lowest BCUT2D eigenvalue weighted by molar-refractivity contribution is -0.140. The van der Waals surface area contributed by atoms with Gasteiger partial charge in [0.15, 0.2) is 23.3 Å². The Kier molecular flexibility index (Phi) is 28.7. The van der Waals surface area contributed by atoms with Crippen LogP contribution in [0, 0.1) is 12.3 Å². The third-order valence-corrected chi connectivity index (χ3v) is 17.5. The van der Waals surface area contributed by atoms with E-state index in [0.29, 0.717) is 129 Å². The first-order chi connectivity index (χ1) is 55.8. The Hall–Kier alpha value is -12.1. The van der Waals surface area contributed by atoms with Gasteiger partial charge in [0.05, 0.1) is 38.9 Å². The zero-order chi connectivity index (χ0) is 85.6. The lowest BCUT2D eigenvalue weighted by atomic mass is 10.1. The van der Waals surface area contributed by atoms with Crippen LogP contribution < -0.4 is 42.1 Å². The van der Waals surface area contributed by atoms with Crippen LogP contribution >= 0.6 is 46.4 Å². The molecule has 1 aliphatic rings. The molecule has 0 spiro atoms. The molecule has 13 rings (SSSR count). The third kappa shape index (κ3) is 24.1. The average Bonchev–Trinajstić information content (AvgIpc) is 1.66. The molecule has 0 bridgehead atoms. The van der Waals surface area contributed by atoms with Crippen molar-refractivity contribution in [3.63, 3.8) is 0 Å². The van der Waals surface area contributed by atoms with E-state index in [2.05, 4.69) is 102 Å². The van der Waals surface area contributed by atoms with Gasteiger partial charge in [0.1, 0.15) is 96.2 Å². The number of carbonyl (C=O) groups is 4. The number of alkyl halides is 12. The molecule has 118 heavy (non-hydrogen) atoms. The molecule has 47 heteroatoms. The smallest absolute Gasteiger partial charge is 0.391 e. The van der Waals surface area contributed by atoms with Crippen molar-refractivity contribution in [1.29, 1.82) is 0 Å². The summed E-state index contributed by atoms with van der Waals surface area (Å²) >= 11 is 24.0. The normalized spacial score (nSPS) is 14.3. The number of aromatic nitrogens is 16. The third-order valence-electron chi connectivity index (χ3n) is 16.7. The second kappa shape index (κ2) is 38.3. The molecule has 6 atom stereocenters. The van der Waals surface area contributed by atoms with Crippen LogP contribution in [0.4, 0.5) is 76.0 Å². The number of terminal acetylenes is 1. The summed E-state index contributed by atoms with van der Waals surface area (Å²) in [5.74, 6) is 0.591. The molecule has 4 amide bonds. The van der Waals surface area contributed by atoms with E-state index in [1.54, 1.807) is 64.6 Å². The first-order valence-corrected chi connectivity index (χ1v) is 36.0. The number of aliphatic hydroxyl groups is 3. The first-order valence-electron chi connectivity index (χ1n) is 34.5. The van der Waals surface area contributed by atoms with Crippen molar-refractivity contribution in [2.24, 2.45) is 0 Å². The van der Waals surface area contributed by atoms with Crippen LogP contribution in [-0.2, 0) is 25.8 Å². The van der Waals surface area contributed by atoms with Crippen LogP contribution in [0.25, 0.3) is 89.7 Å². The van der Waals surface area contributed by atoms with Gasteiger partial charge in [0.2, 0.25) is 23.6 Å². The number of fused-ring (bicyclic) bond motifs is 4. The molecule has 12 aromatic heterocycles. The summed E-state index contributed by atoms with van der Waals surface area (Å²) in [4.78, 5) is 113. The summed E-state index contributed by atoms with van der Waals surface area (Å²) in [6.07, 6.45) is 3.63. The van der Waals surface area contributed by atoms with E-state index < -0.39 is 111 Å². The maximum absolute atomic E-state index is 12.5. The highest BCUT2D eigenvalue weighted by Gasteiger charge is 2.38. The Bertz CT molecular complexity index is 5490. The fourth-order valence-corrected chi connectivity index (χ4v) is 12.0. The lowest BCUT2D eigenvalue weighted by Gasteiger charge is -2.27. The van der Waals surface area contributed by atoms with Crippen LogP contribution in [0.5, 0.6) is 0 Å². The Morgan fingerprint density at radius 2 is 0.847 bits per heavy atom. The zero-order valence-corrected chi connectivity index (χ0v) is 63.7. The van der Waals surface area contributed by atoms with Gasteiger partial charge >= 0.3 is 24.7 Å². The van der Waals surface area contributed by atoms with Crippen molar-refractivity contribution < 1.29 is 106 Å². The Labute approximate surface area is 696 Å². The summed E-state index contributed by atoms with van der Waals surface area (Å²) in [6.45, 7) is -3.28. The van der Waals surface area contributed by atoms with Crippen molar-refractivity contribution in [3.8, 4) is 57.9 Å². The number of rotatable bonds is 23. The minimum absolute atomic E-state index is 0. The van der Waals surface area contributed by atoms with Crippen LogP contribution in [0.1, 0.15) is 57.2 Å². The predicted octanol–water partition coefficient (Wildman–Crippen LogP) is 14.2. The van der Waals surface area contributed by atoms with Gasteiger partial charge in [-0.3, -0.25) is 19.2 Å². The van der Waals surface area contributed by atoms with Crippen LogP contribution in [0.2, 0.25) is 20.1 Å². The van der Waals surface area contributed by atoms with E-state index >= 15 is 0 Å². The molecule has 12 aromatic rings. The number of hydrogen-bond donors (Lipinski definition) is 14. The molecule has 0 aliphatic carbocycles. The van der Waals surface area contributed by atoms with E-state index in [1.807, 2.05) is 10.6 Å². The highest BCUT2D eigenvalue weighted by Crippen LogP contribution is 2.35. The minimum atomic E-state index is -4.56. The molecule has 31 nitrogen and oxygen atoms in total. The summed E-state index contributed by atoms with van der Waals surface area (Å²) < 4.78 is 149. The zero-order valence-electron chi connectivity index (χ0n) is 60.7. The van der Waals surface area contributed by atoms with E-state index in [4.69, 9.17) is 52.8 Å². The number of amides is 4. The number of aliphatic hydroxyl groups excluding tert-OH is 3.